The molecule has 3 aromatic rings. The lowest BCUT2D eigenvalue weighted by atomic mass is 9.95. The number of fused-ring (bicyclic) bond motifs is 2. The normalized spacial score (nSPS) is 17.4. The molecule has 0 N–H and O–H groups in total. The molecule has 2 aliphatic heterocycles. The molecular weight excluding hydrogens is 364 g/mol. The number of ether oxygens (including phenoxy) is 1. The first-order chi connectivity index (χ1) is 14.2. The van der Waals surface area contributed by atoms with Crippen molar-refractivity contribution >= 4 is 11.5 Å². The van der Waals surface area contributed by atoms with Crippen LogP contribution in [-0.2, 0) is 12.8 Å². The van der Waals surface area contributed by atoms with Crippen molar-refractivity contribution in [3.63, 3.8) is 0 Å². The standard InChI is InChI=1S/C22H28N6O/c1-26(2)21-6-5-20-23-24-22(28(20)25-21)17-8-12-27(13-9-17)11-7-16-3-4-19-18(15-16)10-14-29-19/h3-6,15,17H,7-14H2,1-2H3. The van der Waals surface area contributed by atoms with E-state index in [0.717, 1.165) is 75.0 Å². The van der Waals surface area contributed by atoms with Gasteiger partial charge in [-0.2, -0.15) is 4.52 Å². The van der Waals surface area contributed by atoms with Gasteiger partial charge in [0.2, 0.25) is 0 Å². The maximum absolute atomic E-state index is 5.61. The molecule has 152 valence electrons. The molecule has 1 saturated heterocycles. The number of rotatable bonds is 5. The highest BCUT2D eigenvalue weighted by molar-refractivity contribution is 5.45. The Hall–Kier alpha value is -2.67. The number of aromatic nitrogens is 4. The summed E-state index contributed by atoms with van der Waals surface area (Å²) in [6.45, 7) is 4.13. The van der Waals surface area contributed by atoms with Crippen molar-refractivity contribution in [2.24, 2.45) is 0 Å². The summed E-state index contributed by atoms with van der Waals surface area (Å²) in [4.78, 5) is 4.58. The van der Waals surface area contributed by atoms with Gasteiger partial charge in [0, 0.05) is 33.0 Å². The van der Waals surface area contributed by atoms with Gasteiger partial charge in [0.1, 0.15) is 11.6 Å². The summed E-state index contributed by atoms with van der Waals surface area (Å²) >= 11 is 0. The van der Waals surface area contributed by atoms with Crippen LogP contribution in [0.2, 0.25) is 0 Å². The van der Waals surface area contributed by atoms with E-state index in [4.69, 9.17) is 9.84 Å². The van der Waals surface area contributed by atoms with E-state index in [0.29, 0.717) is 5.92 Å². The molecule has 1 aromatic carbocycles. The molecule has 1 fully saturated rings. The number of hydrogen-bond donors (Lipinski definition) is 0. The zero-order valence-corrected chi connectivity index (χ0v) is 17.2. The van der Waals surface area contributed by atoms with Crippen molar-refractivity contribution in [1.82, 2.24) is 24.7 Å². The van der Waals surface area contributed by atoms with Gasteiger partial charge in [-0.15, -0.1) is 15.3 Å². The molecule has 0 unspecified atom stereocenters. The van der Waals surface area contributed by atoms with Crippen molar-refractivity contribution in [1.29, 1.82) is 0 Å². The van der Waals surface area contributed by atoms with Gasteiger partial charge < -0.3 is 14.5 Å². The number of likely N-dealkylation sites (tertiary alicyclic amines) is 1. The van der Waals surface area contributed by atoms with E-state index in [9.17, 15) is 0 Å². The molecule has 4 heterocycles. The number of anilines is 1. The molecule has 2 aromatic heterocycles. The first-order valence-corrected chi connectivity index (χ1v) is 10.5. The highest BCUT2D eigenvalue weighted by atomic mass is 16.5. The summed E-state index contributed by atoms with van der Waals surface area (Å²) in [5.41, 5.74) is 3.61. The molecule has 5 rings (SSSR count). The molecule has 7 heteroatoms. The third-order valence-corrected chi connectivity index (χ3v) is 6.15. The average molecular weight is 393 g/mol. The maximum Gasteiger partial charge on any atom is 0.178 e. The number of piperidine rings is 1. The zero-order chi connectivity index (χ0) is 19.8. The van der Waals surface area contributed by atoms with E-state index in [2.05, 4.69) is 33.3 Å². The number of benzene rings is 1. The molecule has 0 aliphatic carbocycles. The van der Waals surface area contributed by atoms with E-state index in [1.165, 1.54) is 11.1 Å². The van der Waals surface area contributed by atoms with Crippen molar-refractivity contribution in [2.45, 2.75) is 31.6 Å². The molecule has 29 heavy (non-hydrogen) atoms. The molecule has 0 radical (unpaired) electrons. The molecule has 0 amide bonds. The Morgan fingerprint density at radius 3 is 2.79 bits per heavy atom. The SMILES string of the molecule is CN(C)c1ccc2nnc(C3CCN(CCc4ccc5c(c4)CCO5)CC3)n2n1. The summed E-state index contributed by atoms with van der Waals surface area (Å²) in [5.74, 6) is 3.42. The molecule has 2 aliphatic rings. The minimum Gasteiger partial charge on any atom is -0.493 e. The summed E-state index contributed by atoms with van der Waals surface area (Å²) in [7, 11) is 4.01. The Balaban J connectivity index is 1.20. The van der Waals surface area contributed by atoms with Crippen LogP contribution in [0.5, 0.6) is 5.75 Å². The van der Waals surface area contributed by atoms with Crippen molar-refractivity contribution in [3.05, 3.63) is 47.3 Å². The van der Waals surface area contributed by atoms with Crippen LogP contribution in [0.4, 0.5) is 5.82 Å². The van der Waals surface area contributed by atoms with Crippen molar-refractivity contribution in [3.8, 4) is 5.75 Å². The lowest BCUT2D eigenvalue weighted by Gasteiger charge is -2.31. The van der Waals surface area contributed by atoms with Crippen LogP contribution in [0.1, 0.15) is 35.7 Å². The third kappa shape index (κ3) is 3.67. The fourth-order valence-corrected chi connectivity index (χ4v) is 4.39. The Labute approximate surface area is 171 Å². The van der Waals surface area contributed by atoms with Gasteiger partial charge >= 0.3 is 0 Å². The van der Waals surface area contributed by atoms with E-state index in [1.807, 2.05) is 35.6 Å². The largest absolute Gasteiger partial charge is 0.493 e. The fraction of sp³-hybridized carbons (Fsp3) is 0.500. The first kappa shape index (κ1) is 18.4. The molecule has 0 saturated carbocycles. The van der Waals surface area contributed by atoms with Crippen LogP contribution >= 0.6 is 0 Å². The Kier molecular flexibility index (Phi) is 4.83. The minimum absolute atomic E-state index is 0.420. The lowest BCUT2D eigenvalue weighted by molar-refractivity contribution is 0.210. The zero-order valence-electron chi connectivity index (χ0n) is 17.2. The van der Waals surface area contributed by atoms with Crippen LogP contribution in [0.15, 0.2) is 30.3 Å². The van der Waals surface area contributed by atoms with Crippen LogP contribution < -0.4 is 9.64 Å². The second kappa shape index (κ2) is 7.63. The fourth-order valence-electron chi connectivity index (χ4n) is 4.39. The Morgan fingerprint density at radius 1 is 1.10 bits per heavy atom. The predicted molar refractivity (Wildman–Crippen MR) is 113 cm³/mol. The quantitative estimate of drug-likeness (QED) is 0.665. The van der Waals surface area contributed by atoms with E-state index in [-0.39, 0.29) is 0 Å². The number of nitrogens with zero attached hydrogens (tertiary/aromatic N) is 6. The smallest absolute Gasteiger partial charge is 0.178 e. The van der Waals surface area contributed by atoms with Gasteiger partial charge in [0.05, 0.1) is 6.61 Å². The molecular formula is C22H28N6O. The van der Waals surface area contributed by atoms with E-state index >= 15 is 0 Å². The van der Waals surface area contributed by atoms with Gasteiger partial charge in [-0.3, -0.25) is 0 Å². The van der Waals surface area contributed by atoms with E-state index in [1.54, 1.807) is 0 Å². The molecule has 7 nitrogen and oxygen atoms in total. The maximum atomic E-state index is 5.61. The minimum atomic E-state index is 0.420. The second-order valence-corrected chi connectivity index (χ2v) is 8.32. The van der Waals surface area contributed by atoms with Crippen LogP contribution in [0.3, 0.4) is 0 Å². The monoisotopic (exact) mass is 392 g/mol. The topological polar surface area (TPSA) is 58.8 Å². The number of hydrogen-bond acceptors (Lipinski definition) is 6. The highest BCUT2D eigenvalue weighted by Crippen LogP contribution is 2.28. The summed E-state index contributed by atoms with van der Waals surface area (Å²) < 4.78 is 7.55. The molecule has 0 bridgehead atoms. The van der Waals surface area contributed by atoms with Crippen LogP contribution in [0, 0.1) is 0 Å². The summed E-state index contributed by atoms with van der Waals surface area (Å²) in [6.07, 6.45) is 4.35. The van der Waals surface area contributed by atoms with Crippen molar-refractivity contribution < 1.29 is 4.74 Å². The van der Waals surface area contributed by atoms with E-state index < -0.39 is 0 Å². The molecule has 0 spiro atoms. The van der Waals surface area contributed by atoms with Gasteiger partial charge in [-0.1, -0.05) is 12.1 Å². The Morgan fingerprint density at radius 2 is 1.97 bits per heavy atom. The average Bonchev–Trinajstić information content (AvgIpc) is 3.38. The van der Waals surface area contributed by atoms with Gasteiger partial charge in [-0.05, 0) is 61.7 Å². The first-order valence-electron chi connectivity index (χ1n) is 10.5. The third-order valence-electron chi connectivity index (χ3n) is 6.15. The molecule has 0 atom stereocenters. The predicted octanol–water partition coefficient (Wildman–Crippen LogP) is 2.55. The summed E-state index contributed by atoms with van der Waals surface area (Å²) in [5, 5.41) is 13.5. The van der Waals surface area contributed by atoms with Crippen molar-refractivity contribution in [2.75, 3.05) is 45.2 Å². The van der Waals surface area contributed by atoms with Gasteiger partial charge in [-0.25, -0.2) is 0 Å². The van der Waals surface area contributed by atoms with Gasteiger partial charge in [0.15, 0.2) is 11.5 Å². The second-order valence-electron chi connectivity index (χ2n) is 8.32. The van der Waals surface area contributed by atoms with Crippen LogP contribution in [-0.4, -0.2) is 65.0 Å². The highest BCUT2D eigenvalue weighted by Gasteiger charge is 2.25. The van der Waals surface area contributed by atoms with Crippen LogP contribution in [0.25, 0.3) is 5.65 Å². The Bertz CT molecular complexity index is 1010. The lowest BCUT2D eigenvalue weighted by Crippen LogP contribution is -2.35. The van der Waals surface area contributed by atoms with Gasteiger partial charge in [0.25, 0.3) is 0 Å². The summed E-state index contributed by atoms with van der Waals surface area (Å²) in [6, 6.07) is 10.7.